The molecule has 0 atom stereocenters. The van der Waals surface area contributed by atoms with E-state index in [0.29, 0.717) is 5.15 Å². The molecule has 2 aromatic rings. The number of nitrogens with zero attached hydrogens (tertiary/aromatic N) is 1. The maximum absolute atomic E-state index is 6.30. The predicted octanol–water partition coefficient (Wildman–Crippen LogP) is 4.21. The normalized spacial score (nSPS) is 12.1. The van der Waals surface area contributed by atoms with E-state index in [0.717, 1.165) is 35.0 Å². The van der Waals surface area contributed by atoms with Crippen molar-refractivity contribution in [1.82, 2.24) is 10.3 Å². The summed E-state index contributed by atoms with van der Waals surface area (Å²) in [6, 6.07) is 8.30. The van der Waals surface area contributed by atoms with E-state index in [9.17, 15) is 0 Å². The number of rotatable bonds is 4. The Morgan fingerprint density at radius 2 is 2.21 bits per heavy atom. The second-order valence-electron chi connectivity index (χ2n) is 4.70. The van der Waals surface area contributed by atoms with Crippen molar-refractivity contribution in [1.29, 1.82) is 0 Å². The van der Waals surface area contributed by atoms with Gasteiger partial charge in [0.1, 0.15) is 5.15 Å². The standard InChI is InChI=1S/C16H19ClN2/c1-4-12(10-18-3)8-14-9-13-7-5-6-11(2)15(13)19-16(14)17/h5-9,18H,4,10H2,1-3H3. The third-order valence-electron chi connectivity index (χ3n) is 3.25. The van der Waals surface area contributed by atoms with Crippen LogP contribution in [-0.2, 0) is 0 Å². The van der Waals surface area contributed by atoms with Gasteiger partial charge in [-0.15, -0.1) is 0 Å². The van der Waals surface area contributed by atoms with Crippen molar-refractivity contribution in [3.63, 3.8) is 0 Å². The first-order chi connectivity index (χ1) is 9.15. The zero-order valence-corrected chi connectivity index (χ0v) is 12.4. The first-order valence-corrected chi connectivity index (χ1v) is 6.93. The highest BCUT2D eigenvalue weighted by atomic mass is 35.5. The highest BCUT2D eigenvalue weighted by Gasteiger charge is 2.05. The molecule has 1 aromatic heterocycles. The largest absolute Gasteiger partial charge is 0.316 e. The van der Waals surface area contributed by atoms with Crippen LogP contribution in [-0.4, -0.2) is 18.6 Å². The van der Waals surface area contributed by atoms with Crippen LogP contribution in [0.2, 0.25) is 5.15 Å². The molecule has 1 heterocycles. The second-order valence-corrected chi connectivity index (χ2v) is 5.06. The van der Waals surface area contributed by atoms with Gasteiger partial charge >= 0.3 is 0 Å². The Hall–Kier alpha value is -1.38. The number of hydrogen-bond donors (Lipinski definition) is 1. The van der Waals surface area contributed by atoms with E-state index in [4.69, 9.17) is 11.6 Å². The number of para-hydroxylation sites is 1. The molecule has 0 amide bonds. The zero-order valence-electron chi connectivity index (χ0n) is 11.6. The average Bonchev–Trinajstić information content (AvgIpc) is 2.40. The number of benzene rings is 1. The lowest BCUT2D eigenvalue weighted by atomic mass is 10.1. The Labute approximate surface area is 119 Å². The van der Waals surface area contributed by atoms with Gasteiger partial charge in [-0.1, -0.05) is 48.4 Å². The fourth-order valence-corrected chi connectivity index (χ4v) is 2.36. The van der Waals surface area contributed by atoms with E-state index < -0.39 is 0 Å². The fraction of sp³-hybridized carbons (Fsp3) is 0.312. The maximum atomic E-state index is 6.30. The Morgan fingerprint density at radius 1 is 1.42 bits per heavy atom. The lowest BCUT2D eigenvalue weighted by Crippen LogP contribution is -2.09. The molecule has 100 valence electrons. The van der Waals surface area contributed by atoms with Crippen LogP contribution in [0.5, 0.6) is 0 Å². The molecule has 0 aliphatic carbocycles. The lowest BCUT2D eigenvalue weighted by molar-refractivity contribution is 0.851. The van der Waals surface area contributed by atoms with Crippen molar-refractivity contribution in [2.45, 2.75) is 20.3 Å². The minimum atomic E-state index is 0.573. The minimum Gasteiger partial charge on any atom is -0.316 e. The molecule has 0 radical (unpaired) electrons. The molecule has 19 heavy (non-hydrogen) atoms. The molecule has 0 aliphatic heterocycles. The molecule has 0 bridgehead atoms. The number of halogens is 1. The SMILES string of the molecule is CCC(=Cc1cc2cccc(C)c2nc1Cl)CNC. The summed E-state index contributed by atoms with van der Waals surface area (Å²) in [6.45, 7) is 5.08. The monoisotopic (exact) mass is 274 g/mol. The number of likely N-dealkylation sites (N-methyl/N-ethyl adjacent to an activating group) is 1. The van der Waals surface area contributed by atoms with Crippen LogP contribution >= 0.6 is 11.6 Å². The van der Waals surface area contributed by atoms with Gasteiger partial charge in [0.05, 0.1) is 5.52 Å². The summed E-state index contributed by atoms with van der Waals surface area (Å²) >= 11 is 6.30. The van der Waals surface area contributed by atoms with E-state index in [1.165, 1.54) is 5.57 Å². The van der Waals surface area contributed by atoms with E-state index in [-0.39, 0.29) is 0 Å². The molecule has 0 saturated carbocycles. The van der Waals surface area contributed by atoms with Crippen LogP contribution in [0.3, 0.4) is 0 Å². The molecule has 0 spiro atoms. The lowest BCUT2D eigenvalue weighted by Gasteiger charge is -2.07. The molecule has 2 rings (SSSR count). The molecule has 2 nitrogen and oxygen atoms in total. The molecule has 0 saturated heterocycles. The van der Waals surface area contributed by atoms with Crippen LogP contribution in [0.25, 0.3) is 17.0 Å². The van der Waals surface area contributed by atoms with Crippen LogP contribution in [0.4, 0.5) is 0 Å². The molecular weight excluding hydrogens is 256 g/mol. The molecule has 3 heteroatoms. The van der Waals surface area contributed by atoms with Gasteiger partial charge in [0.2, 0.25) is 0 Å². The summed E-state index contributed by atoms with van der Waals surface area (Å²) in [5, 5.41) is 4.88. The molecule has 1 aromatic carbocycles. The number of hydrogen-bond acceptors (Lipinski definition) is 2. The minimum absolute atomic E-state index is 0.573. The Bertz CT molecular complexity index is 617. The summed E-state index contributed by atoms with van der Waals surface area (Å²) in [5.74, 6) is 0. The first-order valence-electron chi connectivity index (χ1n) is 6.55. The topological polar surface area (TPSA) is 24.9 Å². The van der Waals surface area contributed by atoms with Gasteiger partial charge in [0.25, 0.3) is 0 Å². The third-order valence-corrected chi connectivity index (χ3v) is 3.55. The van der Waals surface area contributed by atoms with Gasteiger partial charge < -0.3 is 5.32 Å². The maximum Gasteiger partial charge on any atom is 0.137 e. The average molecular weight is 275 g/mol. The molecule has 0 aliphatic rings. The van der Waals surface area contributed by atoms with Gasteiger partial charge in [-0.2, -0.15) is 0 Å². The first kappa shape index (κ1) is 14.0. The van der Waals surface area contributed by atoms with E-state index in [2.05, 4.69) is 54.5 Å². The Balaban J connectivity index is 2.53. The number of aromatic nitrogens is 1. The smallest absolute Gasteiger partial charge is 0.137 e. The zero-order chi connectivity index (χ0) is 13.8. The van der Waals surface area contributed by atoms with Crippen LogP contribution in [0.15, 0.2) is 29.8 Å². The number of fused-ring (bicyclic) bond motifs is 1. The molecule has 0 fully saturated rings. The third kappa shape index (κ3) is 3.14. The highest BCUT2D eigenvalue weighted by Crippen LogP contribution is 2.25. The van der Waals surface area contributed by atoms with Crippen molar-refractivity contribution in [2.24, 2.45) is 0 Å². The molecule has 1 N–H and O–H groups in total. The highest BCUT2D eigenvalue weighted by molar-refractivity contribution is 6.31. The predicted molar refractivity (Wildman–Crippen MR) is 83.7 cm³/mol. The Kier molecular flexibility index (Phi) is 4.56. The number of aryl methyl sites for hydroxylation is 1. The number of pyridine rings is 1. The van der Waals surface area contributed by atoms with Crippen molar-refractivity contribution >= 4 is 28.6 Å². The molecular formula is C16H19ClN2. The summed E-state index contributed by atoms with van der Waals surface area (Å²) in [6.07, 6.45) is 3.14. The van der Waals surface area contributed by atoms with Gasteiger partial charge in [0, 0.05) is 17.5 Å². The summed E-state index contributed by atoms with van der Waals surface area (Å²) in [7, 11) is 1.95. The second kappa shape index (κ2) is 6.18. The van der Waals surface area contributed by atoms with Gasteiger partial charge in [0.15, 0.2) is 0 Å². The van der Waals surface area contributed by atoms with Crippen molar-refractivity contribution in [3.05, 3.63) is 46.1 Å². The van der Waals surface area contributed by atoms with E-state index in [1.807, 2.05) is 7.05 Å². The molecule has 0 unspecified atom stereocenters. The van der Waals surface area contributed by atoms with Crippen LogP contribution in [0, 0.1) is 6.92 Å². The summed E-state index contributed by atoms with van der Waals surface area (Å²) in [4.78, 5) is 4.52. The Morgan fingerprint density at radius 3 is 2.89 bits per heavy atom. The quantitative estimate of drug-likeness (QED) is 0.845. The van der Waals surface area contributed by atoms with Gasteiger partial charge in [-0.25, -0.2) is 4.98 Å². The van der Waals surface area contributed by atoms with Gasteiger partial charge in [-0.3, -0.25) is 0 Å². The fourth-order valence-electron chi connectivity index (χ4n) is 2.17. The van der Waals surface area contributed by atoms with E-state index in [1.54, 1.807) is 0 Å². The van der Waals surface area contributed by atoms with Crippen molar-refractivity contribution in [3.8, 4) is 0 Å². The van der Waals surface area contributed by atoms with Crippen LogP contribution in [0.1, 0.15) is 24.5 Å². The summed E-state index contributed by atoms with van der Waals surface area (Å²) < 4.78 is 0. The van der Waals surface area contributed by atoms with Crippen molar-refractivity contribution in [2.75, 3.05) is 13.6 Å². The van der Waals surface area contributed by atoms with E-state index >= 15 is 0 Å². The number of nitrogens with one attached hydrogen (secondary N) is 1. The summed E-state index contributed by atoms with van der Waals surface area (Å²) in [5.41, 5.74) is 4.45. The van der Waals surface area contributed by atoms with Crippen molar-refractivity contribution < 1.29 is 0 Å². The van der Waals surface area contributed by atoms with Gasteiger partial charge in [-0.05, 0) is 32.0 Å². The van der Waals surface area contributed by atoms with Crippen LogP contribution < -0.4 is 5.32 Å².